The average molecular weight is 363 g/mol. The highest BCUT2D eigenvalue weighted by Gasteiger charge is 2.04. The summed E-state index contributed by atoms with van der Waals surface area (Å²) in [4.78, 5) is 11.6. The van der Waals surface area contributed by atoms with E-state index in [1.807, 2.05) is 25.1 Å². The van der Waals surface area contributed by atoms with E-state index in [2.05, 4.69) is 43.7 Å². The lowest BCUT2D eigenvalue weighted by Crippen LogP contribution is -2.12. The highest BCUT2D eigenvalue weighted by atomic mass is 79.9. The van der Waals surface area contributed by atoms with Gasteiger partial charge >= 0.3 is 0 Å². The van der Waals surface area contributed by atoms with Gasteiger partial charge in [-0.15, -0.1) is 10.2 Å². The lowest BCUT2D eigenvalue weighted by atomic mass is 10.2. The van der Waals surface area contributed by atoms with Crippen LogP contribution in [0.25, 0.3) is 0 Å². The fraction of sp³-hybridized carbons (Fsp3) is 0.312. The van der Waals surface area contributed by atoms with Crippen LogP contribution in [-0.4, -0.2) is 16.1 Å². The second kappa shape index (κ2) is 7.89. The van der Waals surface area contributed by atoms with Gasteiger partial charge in [0.05, 0.1) is 0 Å². The Labute approximate surface area is 138 Å². The van der Waals surface area contributed by atoms with Gasteiger partial charge in [0.1, 0.15) is 0 Å². The third-order valence-electron chi connectivity index (χ3n) is 3.13. The Bertz CT molecular complexity index is 643. The summed E-state index contributed by atoms with van der Waals surface area (Å²) in [5.74, 6) is 1.07. The van der Waals surface area contributed by atoms with Crippen molar-refractivity contribution in [1.82, 2.24) is 10.2 Å². The molecule has 0 aliphatic rings. The second-order valence-corrected chi connectivity index (χ2v) is 5.90. The molecule has 0 aliphatic carbocycles. The largest absolute Gasteiger partial charge is 0.339 e. The molecule has 0 spiro atoms. The van der Waals surface area contributed by atoms with Gasteiger partial charge in [-0.3, -0.25) is 4.79 Å². The van der Waals surface area contributed by atoms with Crippen LogP contribution in [0.2, 0.25) is 0 Å². The first-order valence-corrected chi connectivity index (χ1v) is 8.04. The molecule has 2 N–H and O–H groups in total. The van der Waals surface area contributed by atoms with Crippen molar-refractivity contribution < 1.29 is 4.79 Å². The molecule has 116 valence electrons. The standard InChI is InChI=1S/C16H19BrN4O/c1-3-4-5-16(22)19-15-9-8-14(20-21-15)18-12-7-6-11(2)13(17)10-12/h6-10H,3-5H2,1-2H3,(H,18,20)(H,19,21,22). The molecule has 6 heteroatoms. The zero-order chi connectivity index (χ0) is 15.9. The van der Waals surface area contributed by atoms with Gasteiger partial charge < -0.3 is 10.6 Å². The van der Waals surface area contributed by atoms with Crippen molar-refractivity contribution in [3.05, 3.63) is 40.4 Å². The molecule has 22 heavy (non-hydrogen) atoms. The maximum absolute atomic E-state index is 11.6. The van der Waals surface area contributed by atoms with Gasteiger partial charge in [0, 0.05) is 16.6 Å². The molecule has 5 nitrogen and oxygen atoms in total. The van der Waals surface area contributed by atoms with Crippen LogP contribution in [0, 0.1) is 6.92 Å². The number of aryl methyl sites for hydroxylation is 1. The van der Waals surface area contributed by atoms with Crippen molar-refractivity contribution in [2.24, 2.45) is 0 Å². The number of benzene rings is 1. The highest BCUT2D eigenvalue weighted by molar-refractivity contribution is 9.10. The van der Waals surface area contributed by atoms with Crippen LogP contribution in [0.3, 0.4) is 0 Å². The maximum Gasteiger partial charge on any atom is 0.225 e. The molecule has 2 rings (SSSR count). The summed E-state index contributed by atoms with van der Waals surface area (Å²) >= 11 is 3.50. The van der Waals surface area contributed by atoms with E-state index in [0.717, 1.165) is 23.0 Å². The second-order valence-electron chi connectivity index (χ2n) is 5.04. The van der Waals surface area contributed by atoms with Crippen molar-refractivity contribution in [2.75, 3.05) is 10.6 Å². The van der Waals surface area contributed by atoms with E-state index < -0.39 is 0 Å². The van der Waals surface area contributed by atoms with E-state index >= 15 is 0 Å². The third kappa shape index (κ3) is 4.80. The van der Waals surface area contributed by atoms with Crippen molar-refractivity contribution in [3.8, 4) is 0 Å². The van der Waals surface area contributed by atoms with Crippen LogP contribution >= 0.6 is 15.9 Å². The molecule has 0 fully saturated rings. The van der Waals surface area contributed by atoms with E-state index in [1.54, 1.807) is 12.1 Å². The first-order valence-electron chi connectivity index (χ1n) is 7.25. The Kier molecular flexibility index (Phi) is 5.89. The Morgan fingerprint density at radius 3 is 2.55 bits per heavy atom. The molecule has 0 bridgehead atoms. The van der Waals surface area contributed by atoms with Gasteiger partial charge in [-0.2, -0.15) is 0 Å². The highest BCUT2D eigenvalue weighted by Crippen LogP contribution is 2.22. The normalized spacial score (nSPS) is 10.3. The Morgan fingerprint density at radius 1 is 1.18 bits per heavy atom. The number of unbranched alkanes of at least 4 members (excludes halogenated alkanes) is 1. The number of carbonyl (C=O) groups excluding carboxylic acids is 1. The van der Waals surface area contributed by atoms with E-state index in [-0.39, 0.29) is 5.91 Å². The van der Waals surface area contributed by atoms with Gasteiger partial charge in [0.2, 0.25) is 5.91 Å². The maximum atomic E-state index is 11.6. The molecule has 2 aromatic rings. The summed E-state index contributed by atoms with van der Waals surface area (Å²) < 4.78 is 1.03. The average Bonchev–Trinajstić information content (AvgIpc) is 2.51. The quantitative estimate of drug-likeness (QED) is 0.797. The fourth-order valence-electron chi connectivity index (χ4n) is 1.83. The molecule has 1 amide bonds. The molecule has 0 atom stereocenters. The van der Waals surface area contributed by atoms with Crippen LogP contribution in [0.1, 0.15) is 31.7 Å². The minimum absolute atomic E-state index is 0.0284. The number of nitrogens with one attached hydrogen (secondary N) is 2. The van der Waals surface area contributed by atoms with Gasteiger partial charge in [0.15, 0.2) is 11.6 Å². The molecule has 0 saturated heterocycles. The van der Waals surface area contributed by atoms with Crippen molar-refractivity contribution in [2.45, 2.75) is 33.1 Å². The molecule has 1 heterocycles. The number of aromatic nitrogens is 2. The monoisotopic (exact) mass is 362 g/mol. The summed E-state index contributed by atoms with van der Waals surface area (Å²) in [6.45, 7) is 4.08. The number of amides is 1. The van der Waals surface area contributed by atoms with Crippen LogP contribution in [-0.2, 0) is 4.79 Å². The zero-order valence-electron chi connectivity index (χ0n) is 12.7. The van der Waals surface area contributed by atoms with Crippen molar-refractivity contribution in [1.29, 1.82) is 0 Å². The number of rotatable bonds is 6. The molecule has 0 saturated carbocycles. The summed E-state index contributed by atoms with van der Waals surface area (Å²) in [6.07, 6.45) is 2.38. The molecule has 0 unspecified atom stereocenters. The minimum Gasteiger partial charge on any atom is -0.339 e. The van der Waals surface area contributed by atoms with E-state index in [9.17, 15) is 4.79 Å². The van der Waals surface area contributed by atoms with E-state index in [1.165, 1.54) is 5.56 Å². The topological polar surface area (TPSA) is 66.9 Å². The van der Waals surface area contributed by atoms with Gasteiger partial charge in [-0.25, -0.2) is 0 Å². The lowest BCUT2D eigenvalue weighted by molar-refractivity contribution is -0.116. The molecule has 1 aromatic carbocycles. The smallest absolute Gasteiger partial charge is 0.225 e. The number of carbonyl (C=O) groups is 1. The molecule has 1 aromatic heterocycles. The van der Waals surface area contributed by atoms with Gasteiger partial charge in [-0.1, -0.05) is 35.3 Å². The number of anilines is 3. The summed E-state index contributed by atoms with van der Waals surface area (Å²) in [7, 11) is 0. The summed E-state index contributed by atoms with van der Waals surface area (Å²) in [5.41, 5.74) is 2.09. The SMILES string of the molecule is CCCCC(=O)Nc1ccc(Nc2ccc(C)c(Br)c2)nn1. The Hall–Kier alpha value is -1.95. The van der Waals surface area contributed by atoms with E-state index in [0.29, 0.717) is 18.1 Å². The van der Waals surface area contributed by atoms with Crippen molar-refractivity contribution in [3.63, 3.8) is 0 Å². The molecule has 0 radical (unpaired) electrons. The van der Waals surface area contributed by atoms with Crippen LogP contribution < -0.4 is 10.6 Å². The Morgan fingerprint density at radius 2 is 1.91 bits per heavy atom. The first kappa shape index (κ1) is 16.4. The van der Waals surface area contributed by atoms with E-state index in [4.69, 9.17) is 0 Å². The lowest BCUT2D eigenvalue weighted by Gasteiger charge is -2.08. The predicted molar refractivity (Wildman–Crippen MR) is 92.3 cm³/mol. The summed E-state index contributed by atoms with van der Waals surface area (Å²) in [5, 5.41) is 14.0. The van der Waals surface area contributed by atoms with Crippen LogP contribution in [0.15, 0.2) is 34.8 Å². The predicted octanol–water partition coefficient (Wildman–Crippen LogP) is 4.42. The first-order chi connectivity index (χ1) is 10.6. The zero-order valence-corrected chi connectivity index (χ0v) is 14.3. The number of hydrogen-bond donors (Lipinski definition) is 2. The summed E-state index contributed by atoms with van der Waals surface area (Å²) in [6, 6.07) is 9.50. The Balaban J connectivity index is 1.96. The fourth-order valence-corrected chi connectivity index (χ4v) is 2.21. The van der Waals surface area contributed by atoms with Crippen LogP contribution in [0.4, 0.5) is 17.3 Å². The number of hydrogen-bond acceptors (Lipinski definition) is 4. The molecular formula is C16H19BrN4O. The molecular weight excluding hydrogens is 344 g/mol. The minimum atomic E-state index is -0.0284. The molecule has 0 aliphatic heterocycles. The number of nitrogens with zero attached hydrogens (tertiary/aromatic N) is 2. The van der Waals surface area contributed by atoms with Gasteiger partial charge in [0.25, 0.3) is 0 Å². The third-order valence-corrected chi connectivity index (χ3v) is 3.99. The van der Waals surface area contributed by atoms with Crippen molar-refractivity contribution >= 4 is 39.2 Å². The number of halogens is 1. The van der Waals surface area contributed by atoms with Gasteiger partial charge in [-0.05, 0) is 43.2 Å². The van der Waals surface area contributed by atoms with Crippen LogP contribution in [0.5, 0.6) is 0 Å².